The molecule has 82 heavy (non-hydrogen) atoms. The van der Waals surface area contributed by atoms with Crippen molar-refractivity contribution in [3.05, 3.63) is 289 Å². The zero-order chi connectivity index (χ0) is 54.6. The number of benzene rings is 15. The Balaban J connectivity index is 0.837. The van der Waals surface area contributed by atoms with Gasteiger partial charge in [0.15, 0.2) is 0 Å². The quantitative estimate of drug-likeness (QED) is 0.153. The van der Waals surface area contributed by atoms with Gasteiger partial charge in [0.1, 0.15) is 0 Å². The van der Waals surface area contributed by atoms with Gasteiger partial charge in [-0.3, -0.25) is 0 Å². The summed E-state index contributed by atoms with van der Waals surface area (Å²) in [5, 5.41) is 20.0. The highest BCUT2D eigenvalue weighted by molar-refractivity contribution is 6.32. The molecule has 0 fully saturated rings. The van der Waals surface area contributed by atoms with E-state index in [-0.39, 0.29) is 10.8 Å². The molecule has 15 aromatic carbocycles. The van der Waals surface area contributed by atoms with Gasteiger partial charge in [-0.1, -0.05) is 222 Å². The average Bonchev–Trinajstić information content (AvgIpc) is 2.82. The average molecular weight is 1050 g/mol. The van der Waals surface area contributed by atoms with Crippen molar-refractivity contribution < 1.29 is 0 Å². The first-order valence-electron chi connectivity index (χ1n) is 28.9. The molecule has 0 spiro atoms. The molecular formula is C80H56N2. The third-order valence-corrected chi connectivity index (χ3v) is 18.9. The molecule has 15 aromatic rings. The molecule has 2 aliphatic carbocycles. The van der Waals surface area contributed by atoms with Gasteiger partial charge in [-0.15, -0.1) is 0 Å². The highest BCUT2D eigenvalue weighted by Gasteiger charge is 2.37. The minimum atomic E-state index is -0.144. The van der Waals surface area contributed by atoms with E-state index < -0.39 is 0 Å². The molecule has 2 aliphatic rings. The van der Waals surface area contributed by atoms with E-state index in [0.29, 0.717) is 0 Å². The molecule has 0 saturated carbocycles. The zero-order valence-electron chi connectivity index (χ0n) is 46.3. The topological polar surface area (TPSA) is 6.48 Å². The van der Waals surface area contributed by atoms with Crippen LogP contribution in [0.5, 0.6) is 0 Å². The molecule has 0 aliphatic heterocycles. The maximum absolute atomic E-state index is 2.48. The smallest absolute Gasteiger partial charge is 0.0468 e. The summed E-state index contributed by atoms with van der Waals surface area (Å²) in [7, 11) is 0. The Morgan fingerprint density at radius 1 is 0.207 bits per heavy atom. The van der Waals surface area contributed by atoms with Crippen molar-refractivity contribution >= 4 is 120 Å². The van der Waals surface area contributed by atoms with Gasteiger partial charge in [0.2, 0.25) is 0 Å². The Kier molecular flexibility index (Phi) is 9.85. The van der Waals surface area contributed by atoms with Gasteiger partial charge in [-0.05, 0) is 203 Å². The summed E-state index contributed by atoms with van der Waals surface area (Å²) in [5.74, 6) is 0. The van der Waals surface area contributed by atoms with Crippen LogP contribution in [0.15, 0.2) is 267 Å². The Morgan fingerprint density at radius 2 is 0.524 bits per heavy atom. The lowest BCUT2D eigenvalue weighted by molar-refractivity contribution is 0.660. The fourth-order valence-electron chi connectivity index (χ4n) is 14.9. The van der Waals surface area contributed by atoms with Crippen LogP contribution in [0.1, 0.15) is 49.9 Å². The molecule has 0 heterocycles. The molecule has 0 N–H and O–H groups in total. The van der Waals surface area contributed by atoms with Crippen molar-refractivity contribution in [2.75, 3.05) is 9.80 Å². The first kappa shape index (κ1) is 46.9. The first-order chi connectivity index (χ1) is 40.2. The number of nitrogens with zero attached hydrogens (tertiary/aromatic N) is 2. The van der Waals surface area contributed by atoms with E-state index in [1.807, 2.05) is 0 Å². The molecule has 0 unspecified atom stereocenters. The van der Waals surface area contributed by atoms with Crippen LogP contribution >= 0.6 is 0 Å². The van der Waals surface area contributed by atoms with E-state index >= 15 is 0 Å². The maximum Gasteiger partial charge on any atom is 0.0468 e. The second-order valence-electron chi connectivity index (χ2n) is 24.0. The summed E-state index contributed by atoms with van der Waals surface area (Å²) >= 11 is 0. The predicted octanol–water partition coefficient (Wildman–Crippen LogP) is 22.5. The zero-order valence-corrected chi connectivity index (χ0v) is 46.3. The molecule has 0 saturated heterocycles. The fraction of sp³-hybridized carbons (Fsp3) is 0.0750. The summed E-state index contributed by atoms with van der Waals surface area (Å²) in [6, 6.07) is 101. The number of fused-ring (bicyclic) bond motifs is 20. The van der Waals surface area contributed by atoms with Crippen molar-refractivity contribution in [2.24, 2.45) is 0 Å². The third kappa shape index (κ3) is 6.76. The SMILES string of the molecule is CC1(C)c2ccccc2-c2ccc(N(c3ccc4c(ccc5ccccc54)c3)c3ccc4c(ccc5c6ccc(N(c7ccc8c(c7)C(C)(C)c7ccccc7-8)c7ccc8c(ccc9ccccc98)c7)cc6c6ccccc6c45)c3)cc21. The van der Waals surface area contributed by atoms with E-state index in [1.165, 1.54) is 131 Å². The normalized spacial score (nSPS) is 13.8. The molecule has 0 atom stereocenters. The van der Waals surface area contributed by atoms with Gasteiger partial charge in [-0.2, -0.15) is 0 Å². The standard InChI is InChI=1S/C80H56N2/c1-79(2)74-23-13-11-20-67(74)69-41-34-58(47-76(69)79)81(54-30-37-62-51(43-54)27-25-49-15-5-7-17-60(49)62)56-32-39-64-53(45-56)29-36-72-66-40-33-57(46-73(66)65-19-9-10-22-71(65)78(64)72)82(55-31-38-63-52(44-55)28-26-50-16-6-8-18-61(50)63)59-35-42-70-68-21-12-14-24-75(68)80(3,4)77(70)48-59/h5-48H,1-4H3. The van der Waals surface area contributed by atoms with Crippen molar-refractivity contribution in [1.29, 1.82) is 0 Å². The summed E-state index contributed by atoms with van der Waals surface area (Å²) in [4.78, 5) is 4.96. The van der Waals surface area contributed by atoms with Gasteiger partial charge >= 0.3 is 0 Å². The largest absolute Gasteiger partial charge is 0.310 e. The monoisotopic (exact) mass is 1040 g/mol. The van der Waals surface area contributed by atoms with Crippen LogP contribution < -0.4 is 9.80 Å². The lowest BCUT2D eigenvalue weighted by Gasteiger charge is -2.29. The van der Waals surface area contributed by atoms with Crippen LogP contribution in [0.25, 0.3) is 108 Å². The van der Waals surface area contributed by atoms with Gasteiger partial charge in [-0.25, -0.2) is 0 Å². The Labute approximate surface area is 477 Å². The van der Waals surface area contributed by atoms with Crippen LogP contribution in [-0.4, -0.2) is 0 Å². The summed E-state index contributed by atoms with van der Waals surface area (Å²) in [6.45, 7) is 9.50. The summed E-state index contributed by atoms with van der Waals surface area (Å²) in [6.07, 6.45) is 0. The number of hydrogen-bond acceptors (Lipinski definition) is 2. The van der Waals surface area contributed by atoms with Crippen LogP contribution in [0.3, 0.4) is 0 Å². The van der Waals surface area contributed by atoms with Crippen molar-refractivity contribution in [3.63, 3.8) is 0 Å². The van der Waals surface area contributed by atoms with Gasteiger partial charge < -0.3 is 9.80 Å². The highest BCUT2D eigenvalue weighted by atomic mass is 15.1. The van der Waals surface area contributed by atoms with E-state index in [9.17, 15) is 0 Å². The minimum Gasteiger partial charge on any atom is -0.310 e. The second-order valence-corrected chi connectivity index (χ2v) is 24.0. The summed E-state index contributed by atoms with van der Waals surface area (Å²) < 4.78 is 0. The summed E-state index contributed by atoms with van der Waals surface area (Å²) in [5.41, 5.74) is 17.3. The number of rotatable bonds is 6. The van der Waals surface area contributed by atoms with Gasteiger partial charge in [0, 0.05) is 45.0 Å². The third-order valence-electron chi connectivity index (χ3n) is 18.9. The second kappa shape index (κ2) is 17.2. The lowest BCUT2D eigenvalue weighted by Crippen LogP contribution is -2.16. The molecular weight excluding hydrogens is 989 g/mol. The Bertz CT molecular complexity index is 5230. The molecule has 0 bridgehead atoms. The van der Waals surface area contributed by atoms with E-state index in [1.54, 1.807) is 0 Å². The lowest BCUT2D eigenvalue weighted by atomic mass is 9.82. The minimum absolute atomic E-state index is 0.140. The van der Waals surface area contributed by atoms with E-state index in [2.05, 4.69) is 304 Å². The van der Waals surface area contributed by atoms with Crippen molar-refractivity contribution in [3.8, 4) is 22.3 Å². The molecule has 0 radical (unpaired) electrons. The molecule has 0 amide bonds. The molecule has 2 nitrogen and oxygen atoms in total. The van der Waals surface area contributed by atoms with Crippen molar-refractivity contribution in [1.82, 2.24) is 0 Å². The fourth-order valence-corrected chi connectivity index (χ4v) is 14.9. The van der Waals surface area contributed by atoms with Gasteiger partial charge in [0.05, 0.1) is 0 Å². The molecule has 17 rings (SSSR count). The maximum atomic E-state index is 2.48. The number of hydrogen-bond donors (Lipinski definition) is 0. The van der Waals surface area contributed by atoms with Crippen molar-refractivity contribution in [2.45, 2.75) is 38.5 Å². The van der Waals surface area contributed by atoms with E-state index in [4.69, 9.17) is 0 Å². The van der Waals surface area contributed by atoms with Crippen LogP contribution in [0.2, 0.25) is 0 Å². The Hall–Kier alpha value is -10.0. The van der Waals surface area contributed by atoms with Gasteiger partial charge in [0.25, 0.3) is 0 Å². The van der Waals surface area contributed by atoms with Crippen LogP contribution in [0.4, 0.5) is 34.1 Å². The first-order valence-corrected chi connectivity index (χ1v) is 28.9. The van der Waals surface area contributed by atoms with Crippen LogP contribution in [0, 0.1) is 0 Å². The van der Waals surface area contributed by atoms with Crippen LogP contribution in [-0.2, 0) is 10.8 Å². The van der Waals surface area contributed by atoms with E-state index in [0.717, 1.165) is 34.1 Å². The Morgan fingerprint density at radius 3 is 1.06 bits per heavy atom. The highest BCUT2D eigenvalue weighted by Crippen LogP contribution is 2.54. The predicted molar refractivity (Wildman–Crippen MR) is 351 cm³/mol. The molecule has 2 heteroatoms. The molecule has 386 valence electrons. The number of anilines is 6. The molecule has 0 aromatic heterocycles.